The van der Waals surface area contributed by atoms with Crippen molar-refractivity contribution in [3.63, 3.8) is 0 Å². The third kappa shape index (κ3) is 4.10. The molecule has 0 heterocycles. The molecule has 6 heteroatoms. The van der Waals surface area contributed by atoms with Crippen LogP contribution < -0.4 is 10.6 Å². The largest absolute Gasteiger partial charge is 0.341 e. The summed E-state index contributed by atoms with van der Waals surface area (Å²) in [5.41, 5.74) is 3.78. The lowest BCUT2D eigenvalue weighted by molar-refractivity contribution is 0.0517. The van der Waals surface area contributed by atoms with Crippen molar-refractivity contribution in [3.05, 3.63) is 64.2 Å². The van der Waals surface area contributed by atoms with Gasteiger partial charge in [0.25, 0.3) is 5.91 Å². The van der Waals surface area contributed by atoms with Crippen LogP contribution in [-0.4, -0.2) is 36.0 Å². The van der Waals surface area contributed by atoms with Crippen molar-refractivity contribution in [1.82, 2.24) is 10.2 Å². The molecule has 4 rings (SSSR count). The molecule has 2 aromatic rings. The van der Waals surface area contributed by atoms with Gasteiger partial charge in [0.2, 0.25) is 0 Å². The van der Waals surface area contributed by atoms with E-state index in [0.29, 0.717) is 28.2 Å². The number of urea groups is 1. The number of nitrogens with one attached hydrogen (secondary N) is 2. The van der Waals surface area contributed by atoms with Gasteiger partial charge in [-0.25, -0.2) is 4.79 Å². The molecule has 0 aromatic heterocycles. The predicted molar refractivity (Wildman–Crippen MR) is 116 cm³/mol. The van der Waals surface area contributed by atoms with Gasteiger partial charge >= 0.3 is 6.03 Å². The Hall–Kier alpha value is -2.53. The SMILES string of the molecule is CNC(=O)Nc1ccc(C(=O)N(C2CC2)C2CC(c3ccccc3C)C2)c(Cl)c1. The third-order valence-electron chi connectivity index (χ3n) is 5.99. The standard InChI is InChI=1S/C23H26ClN3O2/c1-14-5-3-4-6-19(14)15-11-18(12-15)27(17-8-9-17)22(28)20-10-7-16(13-21(20)24)26-23(29)25-2/h3-7,10,13,15,17-18H,8-9,11-12H2,1-2H3,(H2,25,26,29). The van der Waals surface area contributed by atoms with Crippen LogP contribution in [0.25, 0.3) is 0 Å². The van der Waals surface area contributed by atoms with Crippen LogP contribution in [0, 0.1) is 6.92 Å². The summed E-state index contributed by atoms with van der Waals surface area (Å²) < 4.78 is 0. The lowest BCUT2D eigenvalue weighted by Gasteiger charge is -2.44. The summed E-state index contributed by atoms with van der Waals surface area (Å²) in [5, 5.41) is 5.54. The zero-order valence-corrected chi connectivity index (χ0v) is 17.5. The molecule has 2 fully saturated rings. The molecule has 0 unspecified atom stereocenters. The zero-order chi connectivity index (χ0) is 20.5. The topological polar surface area (TPSA) is 61.4 Å². The first kappa shape index (κ1) is 19.8. The highest BCUT2D eigenvalue weighted by atomic mass is 35.5. The fourth-order valence-corrected chi connectivity index (χ4v) is 4.46. The van der Waals surface area contributed by atoms with E-state index in [1.165, 1.54) is 11.1 Å². The average molecular weight is 412 g/mol. The number of aryl methyl sites for hydroxylation is 1. The molecule has 2 saturated carbocycles. The number of anilines is 1. The number of nitrogens with zero attached hydrogens (tertiary/aromatic N) is 1. The Kier molecular flexibility index (Phi) is 5.50. The molecule has 3 amide bonds. The summed E-state index contributed by atoms with van der Waals surface area (Å²) in [5.74, 6) is 0.516. The van der Waals surface area contributed by atoms with Gasteiger partial charge in [-0.05, 0) is 67.9 Å². The van der Waals surface area contributed by atoms with E-state index in [1.807, 2.05) is 0 Å². The van der Waals surface area contributed by atoms with E-state index in [2.05, 4.69) is 46.7 Å². The van der Waals surface area contributed by atoms with E-state index in [9.17, 15) is 9.59 Å². The van der Waals surface area contributed by atoms with Gasteiger partial charge in [0.15, 0.2) is 0 Å². The molecule has 2 N–H and O–H groups in total. The average Bonchev–Trinajstić information content (AvgIpc) is 3.49. The third-order valence-corrected chi connectivity index (χ3v) is 6.31. The van der Waals surface area contributed by atoms with Crippen molar-refractivity contribution < 1.29 is 9.59 Å². The molecule has 0 atom stereocenters. The molecule has 2 aromatic carbocycles. The van der Waals surface area contributed by atoms with Gasteiger partial charge in [0.1, 0.15) is 0 Å². The molecular formula is C23H26ClN3O2. The van der Waals surface area contributed by atoms with Crippen molar-refractivity contribution >= 4 is 29.2 Å². The first-order chi connectivity index (χ1) is 14.0. The number of hydrogen-bond acceptors (Lipinski definition) is 2. The van der Waals surface area contributed by atoms with Gasteiger partial charge in [-0.3, -0.25) is 4.79 Å². The first-order valence-corrected chi connectivity index (χ1v) is 10.5. The predicted octanol–water partition coefficient (Wildman–Crippen LogP) is 4.95. The number of carbonyl (C=O) groups is 2. The molecule has 0 aliphatic heterocycles. The van der Waals surface area contributed by atoms with Gasteiger partial charge in [0.05, 0.1) is 10.6 Å². The van der Waals surface area contributed by atoms with Crippen molar-refractivity contribution in [2.24, 2.45) is 0 Å². The fraction of sp³-hybridized carbons (Fsp3) is 0.391. The highest BCUT2D eigenvalue weighted by Crippen LogP contribution is 2.45. The van der Waals surface area contributed by atoms with Crippen molar-refractivity contribution in [1.29, 1.82) is 0 Å². The Morgan fingerprint density at radius 1 is 1.07 bits per heavy atom. The van der Waals surface area contributed by atoms with Crippen LogP contribution in [0.1, 0.15) is 53.1 Å². The zero-order valence-electron chi connectivity index (χ0n) is 16.7. The minimum absolute atomic E-state index is 0.00257. The van der Waals surface area contributed by atoms with E-state index in [1.54, 1.807) is 25.2 Å². The number of amides is 3. The monoisotopic (exact) mass is 411 g/mol. The summed E-state index contributed by atoms with van der Waals surface area (Å²) in [7, 11) is 1.55. The smallest absolute Gasteiger partial charge is 0.318 e. The molecule has 0 spiro atoms. The van der Waals surface area contributed by atoms with Crippen LogP contribution in [0.3, 0.4) is 0 Å². The molecule has 29 heavy (non-hydrogen) atoms. The van der Waals surface area contributed by atoms with Crippen LogP contribution in [0.2, 0.25) is 5.02 Å². The Balaban J connectivity index is 1.48. The molecule has 0 radical (unpaired) electrons. The van der Waals surface area contributed by atoms with E-state index in [-0.39, 0.29) is 18.0 Å². The maximum absolute atomic E-state index is 13.3. The summed E-state index contributed by atoms with van der Waals surface area (Å²) in [4.78, 5) is 26.9. The van der Waals surface area contributed by atoms with Crippen LogP contribution >= 0.6 is 11.6 Å². The molecule has 152 valence electrons. The van der Waals surface area contributed by atoms with E-state index >= 15 is 0 Å². The van der Waals surface area contributed by atoms with E-state index in [4.69, 9.17) is 11.6 Å². The number of rotatable bonds is 5. The van der Waals surface area contributed by atoms with Gasteiger partial charge in [-0.15, -0.1) is 0 Å². The van der Waals surface area contributed by atoms with Crippen molar-refractivity contribution in [2.45, 2.75) is 50.6 Å². The molecule has 5 nitrogen and oxygen atoms in total. The highest BCUT2D eigenvalue weighted by Gasteiger charge is 2.44. The number of hydrogen-bond donors (Lipinski definition) is 2. The van der Waals surface area contributed by atoms with Crippen LogP contribution in [0.5, 0.6) is 0 Å². The van der Waals surface area contributed by atoms with Crippen LogP contribution in [-0.2, 0) is 0 Å². The lowest BCUT2D eigenvalue weighted by atomic mass is 9.73. The fourth-order valence-electron chi connectivity index (χ4n) is 4.20. The summed E-state index contributed by atoms with van der Waals surface area (Å²) >= 11 is 6.41. The maximum Gasteiger partial charge on any atom is 0.318 e. The summed E-state index contributed by atoms with van der Waals surface area (Å²) in [6.45, 7) is 2.15. The number of carbonyl (C=O) groups excluding carboxylic acids is 2. The Labute approximate surface area is 176 Å². The summed E-state index contributed by atoms with van der Waals surface area (Å²) in [6.07, 6.45) is 4.12. The second-order valence-electron chi connectivity index (χ2n) is 8.02. The Morgan fingerprint density at radius 2 is 1.79 bits per heavy atom. The molecule has 2 aliphatic rings. The second-order valence-corrected chi connectivity index (χ2v) is 8.43. The minimum atomic E-state index is -0.323. The number of benzene rings is 2. The molecule has 2 aliphatic carbocycles. The number of halogens is 1. The van der Waals surface area contributed by atoms with Crippen LogP contribution in [0.15, 0.2) is 42.5 Å². The van der Waals surface area contributed by atoms with Gasteiger partial charge < -0.3 is 15.5 Å². The maximum atomic E-state index is 13.3. The van der Waals surface area contributed by atoms with Gasteiger partial charge in [-0.2, -0.15) is 0 Å². The van der Waals surface area contributed by atoms with Crippen molar-refractivity contribution in [3.8, 4) is 0 Å². The van der Waals surface area contributed by atoms with E-state index < -0.39 is 0 Å². The highest BCUT2D eigenvalue weighted by molar-refractivity contribution is 6.34. The quantitative estimate of drug-likeness (QED) is 0.731. The molecule has 0 bridgehead atoms. The van der Waals surface area contributed by atoms with Crippen molar-refractivity contribution in [2.75, 3.05) is 12.4 Å². The summed E-state index contributed by atoms with van der Waals surface area (Å²) in [6, 6.07) is 13.8. The molecule has 0 saturated heterocycles. The lowest BCUT2D eigenvalue weighted by Crippen LogP contribution is -2.48. The van der Waals surface area contributed by atoms with Gasteiger partial charge in [-0.1, -0.05) is 35.9 Å². The Bertz CT molecular complexity index is 935. The normalized spacial score (nSPS) is 20.5. The minimum Gasteiger partial charge on any atom is -0.341 e. The first-order valence-electron chi connectivity index (χ1n) is 10.1. The van der Waals surface area contributed by atoms with Gasteiger partial charge in [0, 0.05) is 24.8 Å². The Morgan fingerprint density at radius 3 is 2.41 bits per heavy atom. The second kappa shape index (κ2) is 8.07. The molecular weight excluding hydrogens is 386 g/mol. The van der Waals surface area contributed by atoms with E-state index in [0.717, 1.165) is 25.7 Å². The van der Waals surface area contributed by atoms with Crippen LogP contribution in [0.4, 0.5) is 10.5 Å².